The first-order chi connectivity index (χ1) is 8.85. The number of pyridine rings is 1. The van der Waals surface area contributed by atoms with Crippen molar-refractivity contribution in [3.8, 4) is 11.4 Å². The first-order valence-corrected chi connectivity index (χ1v) is 6.34. The molecule has 0 aliphatic carbocycles. The molecule has 0 bridgehead atoms. The fraction of sp³-hybridized carbons (Fsp3) is 0.462. The van der Waals surface area contributed by atoms with Crippen LogP contribution in [0.3, 0.4) is 0 Å². The maximum atomic E-state index is 5.33. The molecule has 0 aliphatic rings. The standard InChI is InChI=1S/C13H18N4O/c1-3-9-17(10-4-2)13-15-12(16-18-13)11-5-7-14-8-6-11/h5-8H,3-4,9-10H2,1-2H3. The minimum atomic E-state index is 0.602. The van der Waals surface area contributed by atoms with Gasteiger partial charge in [0.1, 0.15) is 0 Å². The maximum absolute atomic E-state index is 5.33. The molecule has 0 saturated heterocycles. The van der Waals surface area contributed by atoms with E-state index in [2.05, 4.69) is 33.9 Å². The Bertz CT molecular complexity index is 463. The highest BCUT2D eigenvalue weighted by Crippen LogP contribution is 2.19. The average molecular weight is 246 g/mol. The van der Waals surface area contributed by atoms with Crippen LogP contribution in [0.1, 0.15) is 26.7 Å². The van der Waals surface area contributed by atoms with Crippen molar-refractivity contribution in [2.75, 3.05) is 18.0 Å². The second-order valence-corrected chi connectivity index (χ2v) is 4.12. The second-order valence-electron chi connectivity index (χ2n) is 4.12. The topological polar surface area (TPSA) is 55.1 Å². The zero-order valence-corrected chi connectivity index (χ0v) is 10.8. The van der Waals surface area contributed by atoms with Crippen LogP contribution in [0.5, 0.6) is 0 Å². The monoisotopic (exact) mass is 246 g/mol. The van der Waals surface area contributed by atoms with Gasteiger partial charge >= 0.3 is 6.01 Å². The van der Waals surface area contributed by atoms with Gasteiger partial charge in [-0.2, -0.15) is 4.98 Å². The van der Waals surface area contributed by atoms with E-state index >= 15 is 0 Å². The number of hydrogen-bond acceptors (Lipinski definition) is 5. The van der Waals surface area contributed by atoms with Gasteiger partial charge in [-0.25, -0.2) is 0 Å². The van der Waals surface area contributed by atoms with E-state index in [1.807, 2.05) is 12.1 Å². The van der Waals surface area contributed by atoms with Gasteiger partial charge in [0.25, 0.3) is 0 Å². The van der Waals surface area contributed by atoms with Gasteiger partial charge in [0, 0.05) is 31.0 Å². The minimum Gasteiger partial charge on any atom is -0.324 e. The average Bonchev–Trinajstić information content (AvgIpc) is 2.89. The summed E-state index contributed by atoms with van der Waals surface area (Å²) in [5.41, 5.74) is 0.924. The molecule has 2 aromatic heterocycles. The molecule has 5 nitrogen and oxygen atoms in total. The molecule has 2 aromatic rings. The highest BCUT2D eigenvalue weighted by Gasteiger charge is 2.14. The molecule has 2 heterocycles. The number of anilines is 1. The number of nitrogens with zero attached hydrogens (tertiary/aromatic N) is 4. The van der Waals surface area contributed by atoms with Crippen LogP contribution in [0.4, 0.5) is 6.01 Å². The zero-order valence-electron chi connectivity index (χ0n) is 10.8. The van der Waals surface area contributed by atoms with E-state index in [4.69, 9.17) is 4.52 Å². The zero-order chi connectivity index (χ0) is 12.8. The van der Waals surface area contributed by atoms with E-state index in [9.17, 15) is 0 Å². The van der Waals surface area contributed by atoms with Crippen molar-refractivity contribution in [3.05, 3.63) is 24.5 Å². The number of rotatable bonds is 6. The largest absolute Gasteiger partial charge is 0.324 e. The molecule has 2 rings (SSSR count). The van der Waals surface area contributed by atoms with Crippen LogP contribution >= 0.6 is 0 Å². The van der Waals surface area contributed by atoms with E-state index in [0.29, 0.717) is 11.8 Å². The predicted octanol–water partition coefficient (Wildman–Crippen LogP) is 2.76. The first-order valence-electron chi connectivity index (χ1n) is 6.34. The van der Waals surface area contributed by atoms with Crippen molar-refractivity contribution in [1.29, 1.82) is 0 Å². The Hall–Kier alpha value is -1.91. The summed E-state index contributed by atoms with van der Waals surface area (Å²) in [7, 11) is 0. The molecule has 0 aromatic carbocycles. The van der Waals surface area contributed by atoms with Crippen LogP contribution in [0.25, 0.3) is 11.4 Å². The van der Waals surface area contributed by atoms with Crippen molar-refractivity contribution in [3.63, 3.8) is 0 Å². The van der Waals surface area contributed by atoms with Crippen molar-refractivity contribution >= 4 is 6.01 Å². The van der Waals surface area contributed by atoms with E-state index in [1.54, 1.807) is 12.4 Å². The summed E-state index contributed by atoms with van der Waals surface area (Å²) < 4.78 is 5.33. The molecule has 0 saturated carbocycles. The van der Waals surface area contributed by atoms with Gasteiger partial charge in [0.2, 0.25) is 5.82 Å². The van der Waals surface area contributed by atoms with Crippen molar-refractivity contribution in [2.45, 2.75) is 26.7 Å². The Morgan fingerprint density at radius 1 is 1.11 bits per heavy atom. The van der Waals surface area contributed by atoms with Crippen LogP contribution in [0.2, 0.25) is 0 Å². The van der Waals surface area contributed by atoms with Crippen molar-refractivity contribution in [1.82, 2.24) is 15.1 Å². The van der Waals surface area contributed by atoms with Crippen LogP contribution < -0.4 is 4.90 Å². The van der Waals surface area contributed by atoms with E-state index in [0.717, 1.165) is 31.5 Å². The normalized spacial score (nSPS) is 10.6. The summed E-state index contributed by atoms with van der Waals surface area (Å²) >= 11 is 0. The molecule has 0 amide bonds. The minimum absolute atomic E-state index is 0.602. The molecular formula is C13H18N4O. The van der Waals surface area contributed by atoms with Gasteiger partial charge < -0.3 is 9.42 Å². The molecule has 0 spiro atoms. The predicted molar refractivity (Wildman–Crippen MR) is 70.3 cm³/mol. The lowest BCUT2D eigenvalue weighted by molar-refractivity contribution is 0.413. The molecule has 0 atom stereocenters. The fourth-order valence-electron chi connectivity index (χ4n) is 1.81. The Morgan fingerprint density at radius 3 is 2.39 bits per heavy atom. The van der Waals surface area contributed by atoms with Gasteiger partial charge in [0.05, 0.1) is 0 Å². The van der Waals surface area contributed by atoms with Gasteiger partial charge in [-0.3, -0.25) is 4.98 Å². The third-order valence-corrected chi connectivity index (χ3v) is 2.61. The summed E-state index contributed by atoms with van der Waals surface area (Å²) in [6.45, 7) is 6.16. The highest BCUT2D eigenvalue weighted by atomic mass is 16.5. The molecule has 5 heteroatoms. The molecule has 0 fully saturated rings. The second kappa shape index (κ2) is 6.14. The quantitative estimate of drug-likeness (QED) is 0.784. The number of hydrogen-bond donors (Lipinski definition) is 0. The summed E-state index contributed by atoms with van der Waals surface area (Å²) in [6.07, 6.45) is 5.57. The number of aromatic nitrogens is 3. The Morgan fingerprint density at radius 2 is 1.78 bits per heavy atom. The third kappa shape index (κ3) is 2.85. The molecule has 0 aliphatic heterocycles. The van der Waals surface area contributed by atoms with Crippen LogP contribution in [0, 0.1) is 0 Å². The van der Waals surface area contributed by atoms with Crippen LogP contribution in [-0.2, 0) is 0 Å². The first kappa shape index (κ1) is 12.5. The van der Waals surface area contributed by atoms with Gasteiger partial charge in [-0.05, 0) is 25.0 Å². The summed E-state index contributed by atoms with van der Waals surface area (Å²) in [4.78, 5) is 10.5. The van der Waals surface area contributed by atoms with Gasteiger partial charge in [-0.15, -0.1) is 0 Å². The maximum Gasteiger partial charge on any atom is 0.324 e. The van der Waals surface area contributed by atoms with E-state index in [-0.39, 0.29) is 0 Å². The lowest BCUT2D eigenvalue weighted by Gasteiger charge is -2.17. The molecule has 0 unspecified atom stereocenters. The van der Waals surface area contributed by atoms with Gasteiger partial charge in [0.15, 0.2) is 0 Å². The third-order valence-electron chi connectivity index (χ3n) is 2.61. The Kier molecular flexibility index (Phi) is 4.28. The molecular weight excluding hydrogens is 228 g/mol. The molecule has 0 N–H and O–H groups in total. The van der Waals surface area contributed by atoms with Crippen LogP contribution in [-0.4, -0.2) is 28.2 Å². The molecule has 0 radical (unpaired) electrons. The highest BCUT2D eigenvalue weighted by molar-refractivity contribution is 5.54. The summed E-state index contributed by atoms with van der Waals surface area (Å²) in [6, 6.07) is 4.35. The Balaban J connectivity index is 2.18. The van der Waals surface area contributed by atoms with Crippen molar-refractivity contribution < 1.29 is 4.52 Å². The van der Waals surface area contributed by atoms with Crippen LogP contribution in [0.15, 0.2) is 29.0 Å². The lowest BCUT2D eigenvalue weighted by Crippen LogP contribution is -2.25. The smallest absolute Gasteiger partial charge is 0.324 e. The van der Waals surface area contributed by atoms with Crippen molar-refractivity contribution in [2.24, 2.45) is 0 Å². The van der Waals surface area contributed by atoms with Gasteiger partial charge in [-0.1, -0.05) is 19.0 Å². The lowest BCUT2D eigenvalue weighted by atomic mass is 10.2. The summed E-state index contributed by atoms with van der Waals surface area (Å²) in [5.74, 6) is 0.615. The fourth-order valence-corrected chi connectivity index (χ4v) is 1.81. The summed E-state index contributed by atoms with van der Waals surface area (Å²) in [5, 5.41) is 4.02. The van der Waals surface area contributed by atoms with E-state index in [1.165, 1.54) is 0 Å². The van der Waals surface area contributed by atoms with E-state index < -0.39 is 0 Å². The SMILES string of the molecule is CCCN(CCC)c1nc(-c2ccncc2)no1. The molecule has 96 valence electrons. The Labute approximate surface area is 107 Å². The molecule has 18 heavy (non-hydrogen) atoms.